The monoisotopic (exact) mass is 221 g/mol. The standard InChI is InChI=1S/C14H23NO/c1-5-11(2)12-6-8-13(9-7-12)14(16)10-15(3)4/h6-9,11,14,16H,5,10H2,1-4H3. The third kappa shape index (κ3) is 3.62. The molecule has 1 aromatic rings. The molecule has 2 atom stereocenters. The van der Waals surface area contributed by atoms with Crippen molar-refractivity contribution in [3.8, 4) is 0 Å². The van der Waals surface area contributed by atoms with E-state index >= 15 is 0 Å². The fraction of sp³-hybridized carbons (Fsp3) is 0.571. The van der Waals surface area contributed by atoms with E-state index in [9.17, 15) is 5.11 Å². The van der Waals surface area contributed by atoms with Gasteiger partial charge in [0.1, 0.15) is 0 Å². The topological polar surface area (TPSA) is 23.5 Å². The van der Waals surface area contributed by atoms with Gasteiger partial charge in [0.25, 0.3) is 0 Å². The van der Waals surface area contributed by atoms with Gasteiger partial charge in [0.2, 0.25) is 0 Å². The first-order valence-corrected chi connectivity index (χ1v) is 5.97. The van der Waals surface area contributed by atoms with E-state index in [1.807, 2.05) is 31.1 Å². The molecule has 0 amide bonds. The van der Waals surface area contributed by atoms with Gasteiger partial charge < -0.3 is 10.0 Å². The lowest BCUT2D eigenvalue weighted by Gasteiger charge is -2.17. The number of aliphatic hydroxyl groups excluding tert-OH is 1. The SMILES string of the molecule is CCC(C)c1ccc(C(O)CN(C)C)cc1. The molecule has 0 saturated heterocycles. The zero-order valence-corrected chi connectivity index (χ0v) is 10.8. The Morgan fingerprint density at radius 1 is 1.12 bits per heavy atom. The van der Waals surface area contributed by atoms with Crippen LogP contribution in [0.4, 0.5) is 0 Å². The molecule has 2 heteroatoms. The lowest BCUT2D eigenvalue weighted by molar-refractivity contribution is 0.138. The summed E-state index contributed by atoms with van der Waals surface area (Å²) in [7, 11) is 3.94. The van der Waals surface area contributed by atoms with Gasteiger partial charge in [-0.2, -0.15) is 0 Å². The summed E-state index contributed by atoms with van der Waals surface area (Å²) in [6.45, 7) is 5.09. The highest BCUT2D eigenvalue weighted by Crippen LogP contribution is 2.21. The van der Waals surface area contributed by atoms with Gasteiger partial charge >= 0.3 is 0 Å². The van der Waals surface area contributed by atoms with Crippen molar-refractivity contribution >= 4 is 0 Å². The molecule has 0 heterocycles. The molecule has 2 nitrogen and oxygen atoms in total. The van der Waals surface area contributed by atoms with E-state index in [0.29, 0.717) is 12.5 Å². The van der Waals surface area contributed by atoms with Crippen molar-refractivity contribution in [2.24, 2.45) is 0 Å². The number of nitrogens with zero attached hydrogens (tertiary/aromatic N) is 1. The Morgan fingerprint density at radius 2 is 1.62 bits per heavy atom. The van der Waals surface area contributed by atoms with Crippen LogP contribution in [-0.4, -0.2) is 30.6 Å². The molecule has 1 N–H and O–H groups in total. The van der Waals surface area contributed by atoms with Crippen LogP contribution in [0.3, 0.4) is 0 Å². The molecule has 1 aromatic carbocycles. The largest absolute Gasteiger partial charge is 0.387 e. The predicted octanol–water partition coefficient (Wildman–Crippen LogP) is 2.80. The second-order valence-corrected chi connectivity index (χ2v) is 4.75. The first-order chi connectivity index (χ1) is 7.54. The summed E-state index contributed by atoms with van der Waals surface area (Å²) in [6.07, 6.45) is 0.764. The molecule has 0 bridgehead atoms. The van der Waals surface area contributed by atoms with E-state index < -0.39 is 0 Å². The van der Waals surface area contributed by atoms with Crippen molar-refractivity contribution in [2.45, 2.75) is 32.3 Å². The molecule has 0 fully saturated rings. The highest BCUT2D eigenvalue weighted by Gasteiger charge is 2.09. The molecule has 0 saturated carbocycles. The lowest BCUT2D eigenvalue weighted by atomic mass is 9.96. The normalized spacial score (nSPS) is 15.1. The third-order valence-corrected chi connectivity index (χ3v) is 3.04. The van der Waals surface area contributed by atoms with Gasteiger partial charge in [0.05, 0.1) is 6.10 Å². The molecule has 1 rings (SSSR count). The van der Waals surface area contributed by atoms with Crippen LogP contribution in [0.5, 0.6) is 0 Å². The number of likely N-dealkylation sites (N-methyl/N-ethyl adjacent to an activating group) is 1. The summed E-state index contributed by atoms with van der Waals surface area (Å²) < 4.78 is 0. The zero-order chi connectivity index (χ0) is 12.1. The van der Waals surface area contributed by atoms with Gasteiger partial charge in [-0.25, -0.2) is 0 Å². The number of rotatable bonds is 5. The highest BCUT2D eigenvalue weighted by molar-refractivity contribution is 5.26. The van der Waals surface area contributed by atoms with Crippen LogP contribution in [0.1, 0.15) is 43.4 Å². The molecule has 0 aliphatic heterocycles. The molecule has 0 aliphatic rings. The third-order valence-electron chi connectivity index (χ3n) is 3.04. The second-order valence-electron chi connectivity index (χ2n) is 4.75. The van der Waals surface area contributed by atoms with E-state index in [4.69, 9.17) is 0 Å². The Bertz CT molecular complexity index is 305. The minimum absolute atomic E-state index is 0.388. The maximum atomic E-state index is 9.94. The molecular formula is C14H23NO. The quantitative estimate of drug-likeness (QED) is 0.826. The minimum Gasteiger partial charge on any atom is -0.387 e. The number of hydrogen-bond donors (Lipinski definition) is 1. The second kappa shape index (κ2) is 6.02. The van der Waals surface area contributed by atoms with Crippen LogP contribution in [0.25, 0.3) is 0 Å². The van der Waals surface area contributed by atoms with Crippen LogP contribution >= 0.6 is 0 Å². The van der Waals surface area contributed by atoms with E-state index in [1.54, 1.807) is 0 Å². The van der Waals surface area contributed by atoms with Crippen LogP contribution in [0.2, 0.25) is 0 Å². The van der Waals surface area contributed by atoms with Crippen molar-refractivity contribution in [3.63, 3.8) is 0 Å². The van der Waals surface area contributed by atoms with Crippen molar-refractivity contribution in [3.05, 3.63) is 35.4 Å². The number of benzene rings is 1. The fourth-order valence-electron chi connectivity index (χ4n) is 1.73. The summed E-state index contributed by atoms with van der Waals surface area (Å²) in [4.78, 5) is 1.99. The summed E-state index contributed by atoms with van der Waals surface area (Å²) in [5.74, 6) is 0.597. The highest BCUT2D eigenvalue weighted by atomic mass is 16.3. The molecule has 2 unspecified atom stereocenters. The first kappa shape index (κ1) is 13.2. The summed E-state index contributed by atoms with van der Waals surface area (Å²) in [5.41, 5.74) is 2.35. The summed E-state index contributed by atoms with van der Waals surface area (Å²) in [6, 6.07) is 8.33. The van der Waals surface area contributed by atoms with Crippen LogP contribution < -0.4 is 0 Å². The Balaban J connectivity index is 2.70. The summed E-state index contributed by atoms with van der Waals surface area (Å²) >= 11 is 0. The van der Waals surface area contributed by atoms with Crippen molar-refractivity contribution in [1.82, 2.24) is 4.90 Å². The van der Waals surface area contributed by atoms with Crippen LogP contribution in [0, 0.1) is 0 Å². The molecule has 0 spiro atoms. The van der Waals surface area contributed by atoms with Gasteiger partial charge in [-0.3, -0.25) is 0 Å². The van der Waals surface area contributed by atoms with Gasteiger partial charge in [-0.1, -0.05) is 38.1 Å². The predicted molar refractivity (Wildman–Crippen MR) is 68.7 cm³/mol. The molecule has 0 aliphatic carbocycles. The Morgan fingerprint density at radius 3 is 2.06 bits per heavy atom. The van der Waals surface area contributed by atoms with Crippen molar-refractivity contribution in [1.29, 1.82) is 0 Å². The van der Waals surface area contributed by atoms with Crippen molar-refractivity contribution < 1.29 is 5.11 Å². The Kier molecular flexibility index (Phi) is 4.97. The van der Waals surface area contributed by atoms with E-state index in [-0.39, 0.29) is 6.10 Å². The van der Waals surface area contributed by atoms with Gasteiger partial charge in [0, 0.05) is 6.54 Å². The average molecular weight is 221 g/mol. The first-order valence-electron chi connectivity index (χ1n) is 5.97. The van der Waals surface area contributed by atoms with Gasteiger partial charge in [-0.05, 0) is 37.6 Å². The van der Waals surface area contributed by atoms with Crippen LogP contribution in [-0.2, 0) is 0 Å². The molecule has 0 aromatic heterocycles. The smallest absolute Gasteiger partial charge is 0.0916 e. The number of aliphatic hydroxyl groups is 1. The van der Waals surface area contributed by atoms with Crippen LogP contribution in [0.15, 0.2) is 24.3 Å². The summed E-state index contributed by atoms with van der Waals surface area (Å²) in [5, 5.41) is 9.94. The molecule has 0 radical (unpaired) electrons. The average Bonchev–Trinajstić information content (AvgIpc) is 2.27. The Labute approximate surface area is 98.9 Å². The molecule has 90 valence electrons. The zero-order valence-electron chi connectivity index (χ0n) is 10.8. The maximum Gasteiger partial charge on any atom is 0.0916 e. The maximum absolute atomic E-state index is 9.94. The Hall–Kier alpha value is -0.860. The van der Waals surface area contributed by atoms with E-state index in [0.717, 1.165) is 12.0 Å². The van der Waals surface area contributed by atoms with E-state index in [1.165, 1.54) is 5.56 Å². The van der Waals surface area contributed by atoms with Crippen molar-refractivity contribution in [2.75, 3.05) is 20.6 Å². The fourth-order valence-corrected chi connectivity index (χ4v) is 1.73. The van der Waals surface area contributed by atoms with Gasteiger partial charge in [-0.15, -0.1) is 0 Å². The molecule has 16 heavy (non-hydrogen) atoms. The van der Waals surface area contributed by atoms with Gasteiger partial charge in [0.15, 0.2) is 0 Å². The lowest BCUT2D eigenvalue weighted by Crippen LogP contribution is -2.19. The molecular weight excluding hydrogens is 198 g/mol. The minimum atomic E-state index is -0.388. The van der Waals surface area contributed by atoms with E-state index in [2.05, 4.69) is 26.0 Å². The number of hydrogen-bond acceptors (Lipinski definition) is 2.